The number of primary amides is 1. The summed E-state index contributed by atoms with van der Waals surface area (Å²) in [6.45, 7) is 6.70. The normalized spacial score (nSPS) is 12.5. The van der Waals surface area contributed by atoms with E-state index in [1.54, 1.807) is 0 Å². The van der Waals surface area contributed by atoms with E-state index < -0.39 is 12.1 Å². The van der Waals surface area contributed by atoms with Gasteiger partial charge in [0.05, 0.1) is 0 Å². The molecule has 0 aliphatic heterocycles. The van der Waals surface area contributed by atoms with Crippen molar-refractivity contribution >= 4 is 39.4 Å². The van der Waals surface area contributed by atoms with Crippen LogP contribution in [0.1, 0.15) is 20.8 Å². The van der Waals surface area contributed by atoms with Gasteiger partial charge in [-0.25, -0.2) is 4.79 Å². The van der Waals surface area contributed by atoms with Crippen molar-refractivity contribution in [2.24, 2.45) is 11.7 Å². The third-order valence-electron chi connectivity index (χ3n) is 4.60. The van der Waals surface area contributed by atoms with Crippen LogP contribution in [0.2, 0.25) is 0 Å². The van der Waals surface area contributed by atoms with E-state index in [4.69, 9.17) is 5.73 Å². The molecule has 3 rings (SSSR count). The van der Waals surface area contributed by atoms with Crippen molar-refractivity contribution in [2.75, 3.05) is 5.32 Å². The number of para-hydroxylation sites is 1. The van der Waals surface area contributed by atoms with Crippen LogP contribution in [0.15, 0.2) is 42.5 Å². The third kappa shape index (κ3) is 3.22. The Labute approximate surface area is 152 Å². The standard InChI is InChI=1S/C20H24N4O2/c1-4-24-16-8-6-5-7-14(16)15-11-13(9-10-17(15)24)22-19(25)18(12(2)3)23-20(21)26/h5-12,18H,4H2,1-3H3,(H,22,25)(H3,21,23,26). The first-order chi connectivity index (χ1) is 12.4. The molecule has 0 aliphatic carbocycles. The van der Waals surface area contributed by atoms with Gasteiger partial charge in [0.2, 0.25) is 5.91 Å². The van der Waals surface area contributed by atoms with Gasteiger partial charge in [0.15, 0.2) is 0 Å². The molecule has 0 spiro atoms. The van der Waals surface area contributed by atoms with Crippen LogP contribution in [0.5, 0.6) is 0 Å². The minimum atomic E-state index is -0.708. The molecule has 2 aromatic carbocycles. The molecule has 0 radical (unpaired) electrons. The average molecular weight is 352 g/mol. The number of hydrogen-bond donors (Lipinski definition) is 3. The van der Waals surface area contributed by atoms with Crippen LogP contribution in [0.4, 0.5) is 10.5 Å². The van der Waals surface area contributed by atoms with Crippen LogP contribution in [-0.2, 0) is 11.3 Å². The molecule has 0 fully saturated rings. The van der Waals surface area contributed by atoms with Crippen molar-refractivity contribution in [3.8, 4) is 0 Å². The number of aryl methyl sites for hydroxylation is 1. The summed E-state index contributed by atoms with van der Waals surface area (Å²) in [6, 6.07) is 12.7. The number of rotatable bonds is 5. The molecule has 6 nitrogen and oxygen atoms in total. The first-order valence-corrected chi connectivity index (χ1v) is 8.80. The monoisotopic (exact) mass is 352 g/mol. The van der Waals surface area contributed by atoms with Crippen molar-refractivity contribution in [3.63, 3.8) is 0 Å². The lowest BCUT2D eigenvalue weighted by atomic mass is 10.0. The Morgan fingerprint density at radius 1 is 1.08 bits per heavy atom. The Morgan fingerprint density at radius 3 is 2.42 bits per heavy atom. The molecule has 6 heteroatoms. The molecule has 3 aromatic rings. The number of carbonyl (C=O) groups is 2. The SMILES string of the molecule is CCn1c2ccccc2c2cc(NC(=O)C(NC(N)=O)C(C)C)ccc21. The number of anilines is 1. The van der Waals surface area contributed by atoms with Gasteiger partial charge in [-0.3, -0.25) is 4.79 Å². The van der Waals surface area contributed by atoms with Gasteiger partial charge in [-0.2, -0.15) is 0 Å². The van der Waals surface area contributed by atoms with E-state index >= 15 is 0 Å². The molecule has 26 heavy (non-hydrogen) atoms. The largest absolute Gasteiger partial charge is 0.352 e. The Balaban J connectivity index is 1.98. The van der Waals surface area contributed by atoms with Crippen molar-refractivity contribution in [3.05, 3.63) is 42.5 Å². The highest BCUT2D eigenvalue weighted by Crippen LogP contribution is 2.31. The molecule has 1 heterocycles. The molecular formula is C20H24N4O2. The number of hydrogen-bond acceptors (Lipinski definition) is 2. The molecule has 0 saturated heterocycles. The fourth-order valence-corrected chi connectivity index (χ4v) is 3.38. The predicted molar refractivity (Wildman–Crippen MR) is 105 cm³/mol. The summed E-state index contributed by atoms with van der Waals surface area (Å²) in [5, 5.41) is 7.63. The van der Waals surface area contributed by atoms with Gasteiger partial charge in [-0.1, -0.05) is 32.0 Å². The van der Waals surface area contributed by atoms with Gasteiger partial charge in [0, 0.05) is 34.0 Å². The van der Waals surface area contributed by atoms with Crippen molar-refractivity contribution in [1.82, 2.24) is 9.88 Å². The zero-order valence-electron chi connectivity index (χ0n) is 15.2. The summed E-state index contributed by atoms with van der Waals surface area (Å²) in [5.41, 5.74) is 8.17. The molecule has 0 saturated carbocycles. The quantitative estimate of drug-likeness (QED) is 0.656. The summed E-state index contributed by atoms with van der Waals surface area (Å²) < 4.78 is 2.25. The zero-order chi connectivity index (χ0) is 18.8. The van der Waals surface area contributed by atoms with Crippen molar-refractivity contribution in [1.29, 1.82) is 0 Å². The summed E-state index contributed by atoms with van der Waals surface area (Å²) in [6.07, 6.45) is 0. The number of amides is 3. The van der Waals surface area contributed by atoms with Crippen LogP contribution < -0.4 is 16.4 Å². The lowest BCUT2D eigenvalue weighted by Gasteiger charge is -2.20. The second-order valence-corrected chi connectivity index (χ2v) is 6.71. The number of aromatic nitrogens is 1. The van der Waals surface area contributed by atoms with Gasteiger partial charge >= 0.3 is 6.03 Å². The number of nitrogens with two attached hydrogens (primary N) is 1. The molecule has 136 valence electrons. The Morgan fingerprint density at radius 2 is 1.77 bits per heavy atom. The Bertz CT molecular complexity index is 975. The van der Waals surface area contributed by atoms with Gasteiger partial charge in [-0.15, -0.1) is 0 Å². The van der Waals surface area contributed by atoms with E-state index in [0.29, 0.717) is 5.69 Å². The highest BCUT2D eigenvalue weighted by atomic mass is 16.2. The minimum Gasteiger partial charge on any atom is -0.352 e. The number of nitrogens with one attached hydrogen (secondary N) is 2. The molecule has 0 aliphatic rings. The van der Waals surface area contributed by atoms with Gasteiger partial charge in [0.25, 0.3) is 0 Å². The van der Waals surface area contributed by atoms with E-state index in [-0.39, 0.29) is 11.8 Å². The first kappa shape index (κ1) is 17.8. The number of nitrogens with zero attached hydrogens (tertiary/aromatic N) is 1. The second-order valence-electron chi connectivity index (χ2n) is 6.71. The molecule has 1 atom stereocenters. The second kappa shape index (κ2) is 7.07. The molecule has 1 unspecified atom stereocenters. The lowest BCUT2D eigenvalue weighted by Crippen LogP contribution is -2.49. The summed E-state index contributed by atoms with van der Waals surface area (Å²) in [4.78, 5) is 23.7. The molecular weight excluding hydrogens is 328 g/mol. The number of fused-ring (bicyclic) bond motifs is 3. The van der Waals surface area contributed by atoms with E-state index in [2.05, 4.69) is 34.3 Å². The smallest absolute Gasteiger partial charge is 0.312 e. The third-order valence-corrected chi connectivity index (χ3v) is 4.60. The number of benzene rings is 2. The lowest BCUT2D eigenvalue weighted by molar-refractivity contribution is -0.118. The van der Waals surface area contributed by atoms with E-state index in [9.17, 15) is 9.59 Å². The maximum atomic E-state index is 12.6. The molecule has 1 aromatic heterocycles. The molecule has 3 amide bonds. The van der Waals surface area contributed by atoms with E-state index in [1.807, 2.05) is 44.2 Å². The van der Waals surface area contributed by atoms with Gasteiger partial charge in [0.1, 0.15) is 6.04 Å². The summed E-state index contributed by atoms with van der Waals surface area (Å²) >= 11 is 0. The first-order valence-electron chi connectivity index (χ1n) is 8.80. The van der Waals surface area contributed by atoms with E-state index in [1.165, 1.54) is 5.52 Å². The van der Waals surface area contributed by atoms with Crippen molar-refractivity contribution in [2.45, 2.75) is 33.4 Å². The summed E-state index contributed by atoms with van der Waals surface area (Å²) in [5.74, 6) is -0.356. The van der Waals surface area contributed by atoms with Gasteiger partial charge < -0.3 is 20.9 Å². The maximum absolute atomic E-state index is 12.6. The van der Waals surface area contributed by atoms with E-state index in [0.717, 1.165) is 22.8 Å². The highest BCUT2D eigenvalue weighted by Gasteiger charge is 2.23. The number of urea groups is 1. The van der Waals surface area contributed by atoms with Crippen LogP contribution in [0.3, 0.4) is 0 Å². The van der Waals surface area contributed by atoms with Crippen LogP contribution in [-0.4, -0.2) is 22.5 Å². The fraction of sp³-hybridized carbons (Fsp3) is 0.300. The average Bonchev–Trinajstić information content (AvgIpc) is 2.92. The Kier molecular flexibility index (Phi) is 4.84. The number of carbonyl (C=O) groups excluding carboxylic acids is 2. The molecule has 4 N–H and O–H groups in total. The maximum Gasteiger partial charge on any atom is 0.312 e. The van der Waals surface area contributed by atoms with Crippen molar-refractivity contribution < 1.29 is 9.59 Å². The topological polar surface area (TPSA) is 89.2 Å². The van der Waals surface area contributed by atoms with Gasteiger partial charge in [-0.05, 0) is 37.1 Å². The van der Waals surface area contributed by atoms with Crippen LogP contribution >= 0.6 is 0 Å². The fourth-order valence-electron chi connectivity index (χ4n) is 3.38. The molecule has 0 bridgehead atoms. The highest BCUT2D eigenvalue weighted by molar-refractivity contribution is 6.10. The van der Waals surface area contributed by atoms with Crippen LogP contribution in [0, 0.1) is 5.92 Å². The Hall–Kier alpha value is -3.02. The van der Waals surface area contributed by atoms with Crippen LogP contribution in [0.25, 0.3) is 21.8 Å². The summed E-state index contributed by atoms with van der Waals surface area (Å²) in [7, 11) is 0. The predicted octanol–water partition coefficient (Wildman–Crippen LogP) is 3.45. The minimum absolute atomic E-state index is 0.0757. The zero-order valence-corrected chi connectivity index (χ0v) is 15.2.